The standard InChI is InChI=1S/C23H32N4O/c1-2-3-4-5-6-7-8-16-27-17-14-18-19(11-9-13-21(18)27)22-25-23(28-26-22)20-12-10-15-24-20/h9,11,13-14,17,20,24H,2-8,10,12,15-16H2,1H3/t20-/m0/s1. The van der Waals surface area contributed by atoms with Gasteiger partial charge in [0.05, 0.1) is 6.04 Å². The van der Waals surface area contributed by atoms with Crippen molar-refractivity contribution in [3.05, 3.63) is 36.4 Å². The molecule has 0 unspecified atom stereocenters. The van der Waals surface area contributed by atoms with Crippen LogP contribution >= 0.6 is 0 Å². The van der Waals surface area contributed by atoms with Crippen LogP contribution in [0.1, 0.15) is 76.6 Å². The predicted octanol–water partition coefficient (Wildman–Crippen LogP) is 5.87. The highest BCUT2D eigenvalue weighted by atomic mass is 16.5. The van der Waals surface area contributed by atoms with E-state index < -0.39 is 0 Å². The lowest BCUT2D eigenvalue weighted by molar-refractivity contribution is 0.345. The summed E-state index contributed by atoms with van der Waals surface area (Å²) in [5.41, 5.74) is 2.32. The maximum atomic E-state index is 5.55. The molecule has 4 rings (SSSR count). The van der Waals surface area contributed by atoms with Crippen molar-refractivity contribution in [2.45, 2.75) is 77.3 Å². The van der Waals surface area contributed by atoms with Gasteiger partial charge < -0.3 is 14.4 Å². The monoisotopic (exact) mass is 380 g/mol. The molecule has 5 heteroatoms. The molecule has 1 atom stereocenters. The van der Waals surface area contributed by atoms with Gasteiger partial charge in [0, 0.05) is 29.2 Å². The van der Waals surface area contributed by atoms with E-state index in [-0.39, 0.29) is 6.04 Å². The highest BCUT2D eigenvalue weighted by Crippen LogP contribution is 2.30. The SMILES string of the molecule is CCCCCCCCCn1ccc2c(-c3noc([C@@H]4CCCN4)n3)cccc21. The summed E-state index contributed by atoms with van der Waals surface area (Å²) >= 11 is 0. The molecule has 3 aromatic rings. The topological polar surface area (TPSA) is 55.9 Å². The van der Waals surface area contributed by atoms with Crippen LogP contribution in [-0.2, 0) is 6.54 Å². The largest absolute Gasteiger partial charge is 0.347 e. The number of rotatable bonds is 10. The Labute approximate surface area is 167 Å². The molecule has 1 aliphatic rings. The Kier molecular flexibility index (Phi) is 6.42. The average molecular weight is 381 g/mol. The van der Waals surface area contributed by atoms with Gasteiger partial charge in [-0.3, -0.25) is 0 Å². The Morgan fingerprint density at radius 1 is 1.11 bits per heavy atom. The molecule has 0 spiro atoms. The minimum Gasteiger partial charge on any atom is -0.347 e. The minimum atomic E-state index is 0.211. The van der Waals surface area contributed by atoms with Crippen LogP contribution in [0, 0.1) is 0 Å². The molecule has 0 radical (unpaired) electrons. The summed E-state index contributed by atoms with van der Waals surface area (Å²) < 4.78 is 7.91. The molecular weight excluding hydrogens is 348 g/mol. The molecule has 0 aliphatic carbocycles. The lowest BCUT2D eigenvalue weighted by atomic mass is 10.1. The smallest absolute Gasteiger partial charge is 0.244 e. The number of aryl methyl sites for hydroxylation is 1. The summed E-state index contributed by atoms with van der Waals surface area (Å²) in [4.78, 5) is 4.68. The van der Waals surface area contributed by atoms with Gasteiger partial charge in [0.25, 0.3) is 0 Å². The zero-order valence-electron chi connectivity index (χ0n) is 17.0. The third-order valence-electron chi connectivity index (χ3n) is 5.86. The van der Waals surface area contributed by atoms with Crippen molar-refractivity contribution >= 4 is 10.9 Å². The molecule has 1 aliphatic heterocycles. The van der Waals surface area contributed by atoms with Gasteiger partial charge in [-0.25, -0.2) is 0 Å². The van der Waals surface area contributed by atoms with E-state index in [2.05, 4.69) is 57.4 Å². The summed E-state index contributed by atoms with van der Waals surface area (Å²) in [5, 5.41) is 8.89. The van der Waals surface area contributed by atoms with Gasteiger partial charge in [0.15, 0.2) is 0 Å². The number of hydrogen-bond acceptors (Lipinski definition) is 4. The van der Waals surface area contributed by atoms with Crippen LogP contribution < -0.4 is 5.32 Å². The zero-order chi connectivity index (χ0) is 19.2. The highest BCUT2D eigenvalue weighted by molar-refractivity contribution is 5.93. The summed E-state index contributed by atoms with van der Waals surface area (Å²) in [6.45, 7) is 4.37. The van der Waals surface area contributed by atoms with E-state index in [9.17, 15) is 0 Å². The maximum absolute atomic E-state index is 5.55. The molecule has 1 fully saturated rings. The minimum absolute atomic E-state index is 0.211. The molecule has 28 heavy (non-hydrogen) atoms. The summed E-state index contributed by atoms with van der Waals surface area (Å²) in [7, 11) is 0. The van der Waals surface area contributed by atoms with E-state index >= 15 is 0 Å². The fourth-order valence-electron chi connectivity index (χ4n) is 4.23. The molecule has 0 bridgehead atoms. The van der Waals surface area contributed by atoms with Crippen molar-refractivity contribution in [3.8, 4) is 11.4 Å². The zero-order valence-corrected chi connectivity index (χ0v) is 17.0. The Morgan fingerprint density at radius 2 is 1.96 bits per heavy atom. The van der Waals surface area contributed by atoms with Crippen LogP contribution in [0.2, 0.25) is 0 Å². The molecule has 150 valence electrons. The Morgan fingerprint density at radius 3 is 2.79 bits per heavy atom. The number of nitrogens with one attached hydrogen (secondary N) is 1. The molecule has 5 nitrogen and oxygen atoms in total. The first-order chi connectivity index (χ1) is 13.9. The number of hydrogen-bond donors (Lipinski definition) is 1. The van der Waals surface area contributed by atoms with Gasteiger partial charge in [0.2, 0.25) is 11.7 Å². The Balaban J connectivity index is 1.42. The quantitative estimate of drug-likeness (QED) is 0.447. The summed E-state index contributed by atoms with van der Waals surface area (Å²) in [6.07, 6.45) is 13.8. The number of unbranched alkanes of at least 4 members (excludes halogenated alkanes) is 6. The second-order valence-corrected chi connectivity index (χ2v) is 7.97. The van der Waals surface area contributed by atoms with Crippen LogP contribution in [0.5, 0.6) is 0 Å². The summed E-state index contributed by atoms with van der Waals surface area (Å²) in [6, 6.07) is 8.79. The number of fused-ring (bicyclic) bond motifs is 1. The van der Waals surface area contributed by atoms with Crippen molar-refractivity contribution < 1.29 is 4.52 Å². The third-order valence-corrected chi connectivity index (χ3v) is 5.86. The van der Waals surface area contributed by atoms with Crippen molar-refractivity contribution in [3.63, 3.8) is 0 Å². The van der Waals surface area contributed by atoms with E-state index in [1.807, 2.05) is 0 Å². The first kappa shape index (κ1) is 19.2. The lowest BCUT2D eigenvalue weighted by Crippen LogP contribution is -2.12. The van der Waals surface area contributed by atoms with Gasteiger partial charge in [-0.05, 0) is 37.9 Å². The molecule has 1 N–H and O–H groups in total. The van der Waals surface area contributed by atoms with E-state index in [0.717, 1.165) is 25.1 Å². The first-order valence-corrected chi connectivity index (χ1v) is 11.0. The predicted molar refractivity (Wildman–Crippen MR) is 113 cm³/mol. The molecule has 1 saturated heterocycles. The van der Waals surface area contributed by atoms with Crippen molar-refractivity contribution in [1.29, 1.82) is 0 Å². The van der Waals surface area contributed by atoms with Crippen LogP contribution in [0.4, 0.5) is 0 Å². The fourth-order valence-corrected chi connectivity index (χ4v) is 4.23. The Bertz CT molecular complexity index is 876. The van der Waals surface area contributed by atoms with Gasteiger partial charge in [-0.1, -0.05) is 62.7 Å². The normalized spacial score (nSPS) is 17.0. The van der Waals surface area contributed by atoms with Gasteiger partial charge >= 0.3 is 0 Å². The molecule has 2 aromatic heterocycles. The van der Waals surface area contributed by atoms with E-state index in [4.69, 9.17) is 4.52 Å². The first-order valence-electron chi connectivity index (χ1n) is 11.0. The molecule has 0 amide bonds. The van der Waals surface area contributed by atoms with Crippen LogP contribution in [-0.4, -0.2) is 21.3 Å². The van der Waals surface area contributed by atoms with Crippen molar-refractivity contribution in [2.75, 3.05) is 6.54 Å². The number of aromatic nitrogens is 3. The average Bonchev–Trinajstić information content (AvgIpc) is 3.47. The highest BCUT2D eigenvalue weighted by Gasteiger charge is 2.23. The van der Waals surface area contributed by atoms with Crippen LogP contribution in [0.25, 0.3) is 22.3 Å². The van der Waals surface area contributed by atoms with Crippen molar-refractivity contribution in [2.24, 2.45) is 0 Å². The van der Waals surface area contributed by atoms with Crippen LogP contribution in [0.15, 0.2) is 35.0 Å². The number of benzene rings is 1. The van der Waals surface area contributed by atoms with Gasteiger partial charge in [-0.2, -0.15) is 4.98 Å². The Hall–Kier alpha value is -2.14. The second kappa shape index (κ2) is 9.37. The molecular formula is C23H32N4O. The van der Waals surface area contributed by atoms with Gasteiger partial charge in [0.1, 0.15) is 0 Å². The molecule has 3 heterocycles. The number of nitrogens with zero attached hydrogens (tertiary/aromatic N) is 3. The summed E-state index contributed by atoms with van der Waals surface area (Å²) in [5.74, 6) is 1.41. The maximum Gasteiger partial charge on any atom is 0.244 e. The fraction of sp³-hybridized carbons (Fsp3) is 0.565. The lowest BCUT2D eigenvalue weighted by Gasteiger charge is -2.06. The second-order valence-electron chi connectivity index (χ2n) is 7.97. The molecule has 1 aromatic carbocycles. The van der Waals surface area contributed by atoms with Crippen molar-refractivity contribution in [1.82, 2.24) is 20.0 Å². The van der Waals surface area contributed by atoms with Gasteiger partial charge in [-0.15, -0.1) is 0 Å². The van der Waals surface area contributed by atoms with E-state index in [1.165, 1.54) is 62.3 Å². The third kappa shape index (κ3) is 4.30. The van der Waals surface area contributed by atoms with E-state index in [1.54, 1.807) is 0 Å². The van der Waals surface area contributed by atoms with E-state index in [0.29, 0.717) is 11.7 Å². The molecule has 0 saturated carbocycles. The van der Waals surface area contributed by atoms with Crippen LogP contribution in [0.3, 0.4) is 0 Å².